The molecule has 0 saturated carbocycles. The van der Waals surface area contributed by atoms with Crippen molar-refractivity contribution in [2.24, 2.45) is 10.7 Å². The van der Waals surface area contributed by atoms with Crippen molar-refractivity contribution in [1.29, 1.82) is 0 Å². The summed E-state index contributed by atoms with van der Waals surface area (Å²) in [7, 11) is 1.52. The Bertz CT molecular complexity index is 940. The average molecular weight is 564 g/mol. The second-order valence-electron chi connectivity index (χ2n) is 7.87. The molecule has 2 aromatic carbocycles. The maximum atomic E-state index is 13.6. The van der Waals surface area contributed by atoms with E-state index in [0.717, 1.165) is 11.6 Å². The summed E-state index contributed by atoms with van der Waals surface area (Å²) in [4.78, 5) is 15.2. The number of hydrogen-bond acceptors (Lipinski definition) is 3. The Labute approximate surface area is 202 Å². The van der Waals surface area contributed by atoms with E-state index in [-0.39, 0.29) is 41.8 Å². The molecule has 2 rings (SSSR count). The Morgan fingerprint density at radius 1 is 1.03 bits per heavy atom. The molecule has 0 aliphatic rings. The Hall–Kier alpha value is -2.50. The monoisotopic (exact) mass is 564 g/mol. The molecule has 0 unspecified atom stereocenters. The van der Waals surface area contributed by atoms with E-state index in [0.29, 0.717) is 18.1 Å². The van der Waals surface area contributed by atoms with Gasteiger partial charge in [-0.25, -0.2) is 0 Å². The number of carbonyl (C=O) groups is 1. The lowest BCUT2D eigenvalue weighted by Gasteiger charge is -2.23. The van der Waals surface area contributed by atoms with E-state index in [9.17, 15) is 18.0 Å². The summed E-state index contributed by atoms with van der Waals surface area (Å²) < 4.78 is 46.3. The van der Waals surface area contributed by atoms with Gasteiger partial charge in [-0.2, -0.15) is 13.2 Å². The van der Waals surface area contributed by atoms with Crippen LogP contribution in [0.2, 0.25) is 0 Å². The summed E-state index contributed by atoms with van der Waals surface area (Å²) in [6, 6.07) is 10.6. The Balaban J connectivity index is 0.00000512. The molecule has 0 atom stereocenters. The van der Waals surface area contributed by atoms with Gasteiger partial charge >= 0.3 is 6.18 Å². The van der Waals surface area contributed by atoms with Gasteiger partial charge in [0.25, 0.3) is 0 Å². The number of aliphatic imine (C=N–C) groups is 1. The van der Waals surface area contributed by atoms with Crippen LogP contribution in [0.15, 0.2) is 47.5 Å². The molecule has 2 aromatic rings. The van der Waals surface area contributed by atoms with Gasteiger partial charge in [-0.3, -0.25) is 9.79 Å². The third kappa shape index (κ3) is 8.56. The van der Waals surface area contributed by atoms with Gasteiger partial charge in [0.15, 0.2) is 5.96 Å². The number of nitrogens with one attached hydrogen (secondary N) is 2. The number of benzene rings is 2. The molecule has 0 radical (unpaired) electrons. The predicted octanol–water partition coefficient (Wildman–Crippen LogP) is 4.46. The summed E-state index contributed by atoms with van der Waals surface area (Å²) >= 11 is 0. The molecule has 0 aliphatic heterocycles. The smallest absolute Gasteiger partial charge is 0.416 e. The number of nitrogens with zero attached hydrogens (tertiary/aromatic N) is 1. The number of nitrogens with two attached hydrogens (primary N) is 1. The number of guanidine groups is 1. The number of ether oxygens (including phenoxy) is 1. The molecule has 10 heteroatoms. The van der Waals surface area contributed by atoms with E-state index in [2.05, 4.69) is 15.6 Å². The Morgan fingerprint density at radius 2 is 1.62 bits per heavy atom. The highest BCUT2D eigenvalue weighted by atomic mass is 127. The zero-order valence-corrected chi connectivity index (χ0v) is 20.7. The van der Waals surface area contributed by atoms with Gasteiger partial charge in [0, 0.05) is 25.7 Å². The molecule has 1 amide bonds. The van der Waals surface area contributed by atoms with Crippen molar-refractivity contribution in [2.45, 2.75) is 45.6 Å². The van der Waals surface area contributed by atoms with Crippen LogP contribution in [0.5, 0.6) is 5.75 Å². The van der Waals surface area contributed by atoms with E-state index in [1.165, 1.54) is 19.2 Å². The van der Waals surface area contributed by atoms with E-state index < -0.39 is 23.2 Å². The Kier molecular flexibility index (Phi) is 9.80. The van der Waals surface area contributed by atoms with Crippen molar-refractivity contribution in [2.75, 3.05) is 7.05 Å². The first-order chi connectivity index (χ1) is 14.4. The number of alkyl halides is 3. The second-order valence-corrected chi connectivity index (χ2v) is 7.87. The topological polar surface area (TPSA) is 88.7 Å². The maximum absolute atomic E-state index is 13.6. The number of hydrogen-bond donors (Lipinski definition) is 3. The van der Waals surface area contributed by atoms with Crippen LogP contribution in [0.1, 0.15) is 47.8 Å². The summed E-state index contributed by atoms with van der Waals surface area (Å²) in [5.74, 6) is -0.0241. The average Bonchev–Trinajstić information content (AvgIpc) is 2.67. The first-order valence-corrected chi connectivity index (χ1v) is 9.61. The fourth-order valence-electron chi connectivity index (χ4n) is 2.76. The lowest BCUT2D eigenvalue weighted by atomic mass is 10.1. The molecule has 0 aliphatic carbocycles. The first kappa shape index (κ1) is 27.5. The van der Waals surface area contributed by atoms with Crippen molar-refractivity contribution >= 4 is 35.8 Å². The van der Waals surface area contributed by atoms with Crippen molar-refractivity contribution in [3.8, 4) is 5.75 Å². The number of carbonyl (C=O) groups excluding carboxylic acids is 1. The van der Waals surface area contributed by atoms with Gasteiger partial charge in [-0.15, -0.1) is 24.0 Å². The second kappa shape index (κ2) is 11.4. The van der Waals surface area contributed by atoms with Gasteiger partial charge in [0.2, 0.25) is 5.91 Å². The number of halogens is 4. The largest absolute Gasteiger partial charge is 0.488 e. The van der Waals surface area contributed by atoms with Crippen LogP contribution in [0.3, 0.4) is 0 Å². The molecule has 4 N–H and O–H groups in total. The molecule has 0 aromatic heterocycles. The molecule has 176 valence electrons. The number of amides is 1. The standard InChI is InChI=1S/C22H27F3N4O2.HI/c1-21(2,3)31-17-10-9-16(18(11-17)22(23,24)25)13-29-20(27-4)28-12-14-5-7-15(8-6-14)19(26)30;/h5-11H,12-13H2,1-4H3,(H2,26,30)(H2,27,28,29);1H. The van der Waals surface area contributed by atoms with Crippen LogP contribution in [0.4, 0.5) is 13.2 Å². The minimum atomic E-state index is -4.52. The fourth-order valence-corrected chi connectivity index (χ4v) is 2.76. The SMILES string of the molecule is CN=C(NCc1ccc(C(N)=O)cc1)NCc1ccc(OC(C)(C)C)cc1C(F)(F)F.I. The zero-order valence-electron chi connectivity index (χ0n) is 18.3. The highest BCUT2D eigenvalue weighted by Crippen LogP contribution is 2.35. The molecule has 6 nitrogen and oxygen atoms in total. The van der Waals surface area contributed by atoms with Crippen molar-refractivity contribution in [3.63, 3.8) is 0 Å². The van der Waals surface area contributed by atoms with Gasteiger partial charge in [0.05, 0.1) is 5.56 Å². The van der Waals surface area contributed by atoms with E-state index in [4.69, 9.17) is 10.5 Å². The molecule has 0 fully saturated rings. The molecule has 32 heavy (non-hydrogen) atoms. The summed E-state index contributed by atoms with van der Waals surface area (Å²) in [5.41, 5.74) is 5.16. The van der Waals surface area contributed by atoms with Crippen molar-refractivity contribution in [3.05, 3.63) is 64.7 Å². The lowest BCUT2D eigenvalue weighted by Crippen LogP contribution is -2.36. The molecule has 0 bridgehead atoms. The summed E-state index contributed by atoms with van der Waals surface area (Å²) in [6.45, 7) is 5.60. The quantitative estimate of drug-likeness (QED) is 0.275. The van der Waals surface area contributed by atoms with Gasteiger partial charge in [-0.1, -0.05) is 18.2 Å². The van der Waals surface area contributed by atoms with E-state index >= 15 is 0 Å². The van der Waals surface area contributed by atoms with Crippen LogP contribution in [-0.2, 0) is 19.3 Å². The van der Waals surface area contributed by atoms with Crippen molar-refractivity contribution in [1.82, 2.24) is 10.6 Å². The lowest BCUT2D eigenvalue weighted by molar-refractivity contribution is -0.138. The molecule has 0 spiro atoms. The minimum Gasteiger partial charge on any atom is -0.488 e. The van der Waals surface area contributed by atoms with Crippen LogP contribution in [-0.4, -0.2) is 24.5 Å². The zero-order chi connectivity index (χ0) is 23.2. The highest BCUT2D eigenvalue weighted by Gasteiger charge is 2.34. The van der Waals surface area contributed by atoms with Crippen LogP contribution < -0.4 is 21.1 Å². The number of primary amides is 1. The molecule has 0 saturated heterocycles. The third-order valence-electron chi connectivity index (χ3n) is 4.18. The van der Waals surface area contributed by atoms with Crippen molar-refractivity contribution < 1.29 is 22.7 Å². The third-order valence-corrected chi connectivity index (χ3v) is 4.18. The van der Waals surface area contributed by atoms with Crippen LogP contribution in [0.25, 0.3) is 0 Å². The Morgan fingerprint density at radius 3 is 2.12 bits per heavy atom. The van der Waals surface area contributed by atoms with Gasteiger partial charge in [-0.05, 0) is 56.2 Å². The molecule has 0 heterocycles. The maximum Gasteiger partial charge on any atom is 0.416 e. The van der Waals surface area contributed by atoms with Crippen LogP contribution in [0, 0.1) is 0 Å². The normalized spacial score (nSPS) is 12.0. The molecular formula is C22H28F3IN4O2. The number of rotatable bonds is 6. The van der Waals surface area contributed by atoms with Gasteiger partial charge in [0.1, 0.15) is 11.4 Å². The first-order valence-electron chi connectivity index (χ1n) is 9.61. The summed E-state index contributed by atoms with van der Waals surface area (Å²) in [5, 5.41) is 5.91. The van der Waals surface area contributed by atoms with E-state index in [1.807, 2.05) is 0 Å². The van der Waals surface area contributed by atoms with E-state index in [1.54, 1.807) is 45.0 Å². The molecular weight excluding hydrogens is 536 g/mol. The summed E-state index contributed by atoms with van der Waals surface area (Å²) in [6.07, 6.45) is -4.52. The highest BCUT2D eigenvalue weighted by molar-refractivity contribution is 14.0. The van der Waals surface area contributed by atoms with Gasteiger partial charge < -0.3 is 21.1 Å². The minimum absolute atomic E-state index is 0. The predicted molar refractivity (Wildman–Crippen MR) is 129 cm³/mol. The van der Waals surface area contributed by atoms with Crippen LogP contribution >= 0.6 is 24.0 Å². The fraction of sp³-hybridized carbons (Fsp3) is 0.364.